The molecule has 0 spiro atoms. The van der Waals surface area contributed by atoms with Crippen molar-refractivity contribution >= 4 is 17.7 Å². The number of alkyl halides is 3. The summed E-state index contributed by atoms with van der Waals surface area (Å²) in [6.07, 6.45) is -0.141. The number of hydrogen-bond donors (Lipinski definition) is 1. The zero-order valence-electron chi connectivity index (χ0n) is 19.1. The van der Waals surface area contributed by atoms with Crippen molar-refractivity contribution < 1.29 is 42.1 Å². The fourth-order valence-electron chi connectivity index (χ4n) is 7.60. The van der Waals surface area contributed by atoms with Gasteiger partial charge in [-0.25, -0.2) is 18.0 Å². The molecule has 4 aliphatic rings. The number of hydrogen-bond acceptors (Lipinski definition) is 6. The lowest BCUT2D eigenvalue weighted by molar-refractivity contribution is -0.239. The first-order valence-electron chi connectivity index (χ1n) is 11.2. The number of rotatable bonds is 3. The minimum absolute atomic E-state index is 0.00876. The SMILES string of the molecule is CC(=O)O[C@]1(C(=O)OCF)[C@H](C)C[C@H]2[C@@H]3C[C@H](F)C4=CC(=O)C=C[C@]4(C)[C@@]3(F)[C@@H](O)C[C@@]21C. The molecule has 6 nitrogen and oxygen atoms in total. The fraction of sp³-hybridized carbons (Fsp3) is 0.708. The average Bonchev–Trinajstić information content (AvgIpc) is 2.93. The van der Waals surface area contributed by atoms with E-state index in [0.29, 0.717) is 0 Å². The number of carbonyl (C=O) groups is 3. The predicted octanol–water partition coefficient (Wildman–Crippen LogP) is 3.32. The van der Waals surface area contributed by atoms with Gasteiger partial charge in [0.05, 0.1) is 6.10 Å². The van der Waals surface area contributed by atoms with E-state index < -0.39 is 76.7 Å². The van der Waals surface area contributed by atoms with Gasteiger partial charge in [0.1, 0.15) is 6.17 Å². The number of aliphatic hydroxyl groups excluding tert-OH is 1. The molecule has 0 aromatic rings. The van der Waals surface area contributed by atoms with Crippen molar-refractivity contribution in [2.45, 2.75) is 70.5 Å². The van der Waals surface area contributed by atoms with Crippen LogP contribution in [0.1, 0.15) is 47.0 Å². The molecule has 9 heteroatoms. The molecule has 33 heavy (non-hydrogen) atoms. The Morgan fingerprint density at radius 3 is 2.52 bits per heavy atom. The second-order valence-corrected chi connectivity index (χ2v) is 10.4. The van der Waals surface area contributed by atoms with Gasteiger partial charge in [-0.05, 0) is 49.8 Å². The zero-order valence-corrected chi connectivity index (χ0v) is 19.1. The van der Waals surface area contributed by atoms with Gasteiger partial charge in [-0.3, -0.25) is 9.59 Å². The van der Waals surface area contributed by atoms with E-state index in [1.165, 1.54) is 19.1 Å². The van der Waals surface area contributed by atoms with Crippen molar-refractivity contribution in [3.63, 3.8) is 0 Å². The summed E-state index contributed by atoms with van der Waals surface area (Å²) in [5.41, 5.74) is -7.21. The summed E-state index contributed by atoms with van der Waals surface area (Å²) in [6.45, 7) is 4.36. The van der Waals surface area contributed by atoms with E-state index in [9.17, 15) is 23.9 Å². The van der Waals surface area contributed by atoms with E-state index in [4.69, 9.17) is 4.74 Å². The highest BCUT2D eigenvalue weighted by molar-refractivity contribution is 6.01. The molecule has 0 aromatic heterocycles. The highest BCUT2D eigenvalue weighted by Gasteiger charge is 2.78. The first-order valence-corrected chi connectivity index (χ1v) is 11.2. The van der Waals surface area contributed by atoms with Gasteiger partial charge in [0.25, 0.3) is 0 Å². The third-order valence-corrected chi connectivity index (χ3v) is 8.96. The topological polar surface area (TPSA) is 89.9 Å². The zero-order chi connectivity index (χ0) is 24.6. The molecule has 0 unspecified atom stereocenters. The molecule has 0 heterocycles. The van der Waals surface area contributed by atoms with Gasteiger partial charge in [-0.15, -0.1) is 0 Å². The summed E-state index contributed by atoms with van der Waals surface area (Å²) < 4.78 is 55.8. The molecule has 0 amide bonds. The number of esters is 2. The van der Waals surface area contributed by atoms with Gasteiger partial charge < -0.3 is 14.6 Å². The summed E-state index contributed by atoms with van der Waals surface area (Å²) in [4.78, 5) is 37.0. The lowest BCUT2D eigenvalue weighted by atomic mass is 9.44. The van der Waals surface area contributed by atoms with Crippen LogP contribution < -0.4 is 0 Å². The van der Waals surface area contributed by atoms with Gasteiger partial charge in [0, 0.05) is 29.6 Å². The number of allylic oxidation sites excluding steroid dienone is 4. The Morgan fingerprint density at radius 2 is 1.91 bits per heavy atom. The van der Waals surface area contributed by atoms with E-state index in [-0.39, 0.29) is 24.8 Å². The molecule has 0 aromatic carbocycles. The highest BCUT2D eigenvalue weighted by atomic mass is 19.1. The van der Waals surface area contributed by atoms with Crippen LogP contribution in [0, 0.1) is 28.6 Å². The van der Waals surface area contributed by atoms with E-state index >= 15 is 8.78 Å². The smallest absolute Gasteiger partial charge is 0.353 e. The quantitative estimate of drug-likeness (QED) is 0.637. The Balaban J connectivity index is 1.88. The second kappa shape index (κ2) is 7.42. The van der Waals surface area contributed by atoms with E-state index in [1.807, 2.05) is 0 Å². The maximum Gasteiger partial charge on any atom is 0.353 e. The van der Waals surface area contributed by atoms with Crippen LogP contribution in [-0.2, 0) is 23.9 Å². The van der Waals surface area contributed by atoms with Crippen molar-refractivity contribution in [1.29, 1.82) is 0 Å². The Bertz CT molecular complexity index is 964. The van der Waals surface area contributed by atoms with Gasteiger partial charge in [0.15, 0.2) is 11.5 Å². The summed E-state index contributed by atoms with van der Waals surface area (Å²) in [5, 5.41) is 11.3. The average molecular weight is 470 g/mol. The van der Waals surface area contributed by atoms with Crippen LogP contribution in [0.3, 0.4) is 0 Å². The summed E-state index contributed by atoms with van der Waals surface area (Å²) >= 11 is 0. The highest BCUT2D eigenvalue weighted by Crippen LogP contribution is 2.71. The summed E-state index contributed by atoms with van der Waals surface area (Å²) in [7, 11) is 0. The number of carbonyl (C=O) groups excluding carboxylic acids is 3. The first-order chi connectivity index (χ1) is 15.3. The summed E-state index contributed by atoms with van der Waals surface area (Å²) in [6, 6.07) is 0. The molecule has 4 rings (SSSR count). The molecule has 4 aliphatic carbocycles. The van der Waals surface area contributed by atoms with Crippen molar-refractivity contribution in [1.82, 2.24) is 0 Å². The maximum absolute atomic E-state index is 17.1. The lowest BCUT2D eigenvalue weighted by Crippen LogP contribution is -2.71. The Morgan fingerprint density at radius 1 is 1.24 bits per heavy atom. The van der Waals surface area contributed by atoms with Crippen LogP contribution in [0.4, 0.5) is 13.2 Å². The number of aliphatic hydroxyl groups is 1. The molecule has 0 bridgehead atoms. The third kappa shape index (κ3) is 2.80. The van der Waals surface area contributed by atoms with E-state index in [1.54, 1.807) is 13.8 Å². The number of halogens is 3. The van der Waals surface area contributed by atoms with E-state index in [2.05, 4.69) is 4.74 Å². The normalized spacial score (nSPS) is 48.3. The minimum atomic E-state index is -2.33. The third-order valence-electron chi connectivity index (χ3n) is 8.96. The molecule has 182 valence electrons. The fourth-order valence-corrected chi connectivity index (χ4v) is 7.60. The maximum atomic E-state index is 17.1. The standard InChI is InChI=1S/C24H29F3O6/c1-12-7-15-16-9-18(26)17-8-14(29)5-6-21(17,3)23(16,27)19(30)10-22(15,4)24(12,33-13(2)28)20(31)32-11-25/h5-6,8,12,15-16,18-19,30H,7,9-11H2,1-4H3/t12-,15+,16+,18+,19+,21+,22+,23+,24+/m1/s1. The lowest BCUT2D eigenvalue weighted by Gasteiger charge is -2.63. The molecule has 9 atom stereocenters. The van der Waals surface area contributed by atoms with Crippen LogP contribution in [0.25, 0.3) is 0 Å². The van der Waals surface area contributed by atoms with E-state index in [0.717, 1.165) is 13.0 Å². The number of ether oxygens (including phenoxy) is 2. The van der Waals surface area contributed by atoms with Crippen LogP contribution in [0.15, 0.2) is 23.8 Å². The number of ketones is 1. The molecular weight excluding hydrogens is 441 g/mol. The van der Waals surface area contributed by atoms with Crippen LogP contribution in [0.5, 0.6) is 0 Å². The molecule has 0 saturated heterocycles. The van der Waals surface area contributed by atoms with Gasteiger partial charge in [-0.1, -0.05) is 19.9 Å². The molecule has 1 N–H and O–H groups in total. The van der Waals surface area contributed by atoms with Crippen molar-refractivity contribution in [3.8, 4) is 0 Å². The molecule has 3 fully saturated rings. The second-order valence-electron chi connectivity index (χ2n) is 10.4. The minimum Gasteiger partial charge on any atom is -0.446 e. The van der Waals surface area contributed by atoms with Crippen molar-refractivity contribution in [2.75, 3.05) is 6.86 Å². The van der Waals surface area contributed by atoms with Gasteiger partial charge >= 0.3 is 11.9 Å². The van der Waals surface area contributed by atoms with Crippen molar-refractivity contribution in [2.24, 2.45) is 28.6 Å². The van der Waals surface area contributed by atoms with Crippen LogP contribution >= 0.6 is 0 Å². The molecule has 0 aliphatic heterocycles. The largest absolute Gasteiger partial charge is 0.446 e. The van der Waals surface area contributed by atoms with Crippen molar-refractivity contribution in [3.05, 3.63) is 23.8 Å². The molecule has 0 radical (unpaired) electrons. The Labute approximate surface area is 190 Å². The monoisotopic (exact) mass is 470 g/mol. The van der Waals surface area contributed by atoms with Gasteiger partial charge in [-0.2, -0.15) is 0 Å². The predicted molar refractivity (Wildman–Crippen MR) is 110 cm³/mol. The Hall–Kier alpha value is -2.16. The Kier molecular flexibility index (Phi) is 5.39. The molecular formula is C24H29F3O6. The van der Waals surface area contributed by atoms with Gasteiger partial charge in [0.2, 0.25) is 12.5 Å². The van der Waals surface area contributed by atoms with Crippen LogP contribution in [-0.4, -0.2) is 53.2 Å². The van der Waals surface area contributed by atoms with Crippen LogP contribution in [0.2, 0.25) is 0 Å². The summed E-state index contributed by atoms with van der Waals surface area (Å²) in [5.74, 6) is -4.78. The number of fused-ring (bicyclic) bond motifs is 5. The molecule has 3 saturated carbocycles. The first kappa shape index (κ1) is 24.0.